The van der Waals surface area contributed by atoms with Crippen LogP contribution in [0.2, 0.25) is 0 Å². The zero-order valence-corrected chi connectivity index (χ0v) is 16.3. The van der Waals surface area contributed by atoms with E-state index in [0.717, 1.165) is 38.5 Å². The van der Waals surface area contributed by atoms with E-state index in [4.69, 9.17) is 0 Å². The highest BCUT2D eigenvalue weighted by Gasteiger charge is 2.47. The Balaban J connectivity index is 1.29. The molecular weight excluding hydrogens is 348 g/mol. The van der Waals surface area contributed by atoms with E-state index in [1.54, 1.807) is 16.7 Å². The summed E-state index contributed by atoms with van der Waals surface area (Å²) in [5.74, 6) is 1.39. The van der Waals surface area contributed by atoms with Crippen LogP contribution in [0.1, 0.15) is 11.1 Å². The van der Waals surface area contributed by atoms with Crippen LogP contribution >= 0.6 is 11.8 Å². The number of piperazine rings is 1. The summed E-state index contributed by atoms with van der Waals surface area (Å²) in [6.45, 7) is 9.47. The fourth-order valence-corrected chi connectivity index (χ4v) is 5.22. The Morgan fingerprint density at radius 2 is 1.85 bits per heavy atom. The molecule has 3 saturated heterocycles. The lowest BCUT2D eigenvalue weighted by Crippen LogP contribution is -2.49. The van der Waals surface area contributed by atoms with E-state index in [-0.39, 0.29) is 18.0 Å². The van der Waals surface area contributed by atoms with Gasteiger partial charge in [-0.05, 0) is 25.5 Å². The molecule has 1 aromatic rings. The largest absolute Gasteiger partial charge is 0.369 e. The monoisotopic (exact) mass is 374 g/mol. The highest BCUT2D eigenvalue weighted by Crippen LogP contribution is 2.29. The molecule has 0 aromatic heterocycles. The van der Waals surface area contributed by atoms with Crippen molar-refractivity contribution in [3.63, 3.8) is 0 Å². The normalized spacial score (nSPS) is 23.9. The van der Waals surface area contributed by atoms with Crippen molar-refractivity contribution >= 4 is 29.4 Å². The van der Waals surface area contributed by atoms with Crippen molar-refractivity contribution in [2.75, 3.05) is 55.8 Å². The fourth-order valence-electron chi connectivity index (χ4n) is 4.08. The van der Waals surface area contributed by atoms with E-state index >= 15 is 0 Å². The summed E-state index contributed by atoms with van der Waals surface area (Å²) in [5, 5.41) is 0. The van der Waals surface area contributed by atoms with Gasteiger partial charge in [-0.3, -0.25) is 14.6 Å². The molecule has 3 aliphatic heterocycles. The molecule has 7 heteroatoms. The molecule has 0 spiro atoms. The first-order valence-electron chi connectivity index (χ1n) is 9.29. The molecular formula is C19H26N4O2S. The minimum atomic E-state index is -0.214. The first-order valence-corrected chi connectivity index (χ1v) is 10.4. The van der Waals surface area contributed by atoms with Gasteiger partial charge in [0.15, 0.2) is 0 Å². The maximum absolute atomic E-state index is 12.4. The summed E-state index contributed by atoms with van der Waals surface area (Å²) in [5.41, 5.74) is 3.94. The Hall–Kier alpha value is -1.73. The highest BCUT2D eigenvalue weighted by atomic mass is 32.2. The second kappa shape index (κ2) is 7.12. The lowest BCUT2D eigenvalue weighted by Gasteiger charge is -2.37. The van der Waals surface area contributed by atoms with Gasteiger partial charge >= 0.3 is 6.03 Å². The van der Waals surface area contributed by atoms with Crippen molar-refractivity contribution in [1.82, 2.24) is 14.7 Å². The first kappa shape index (κ1) is 17.7. The number of carbonyl (C=O) groups excluding carboxylic acids is 2. The zero-order valence-electron chi connectivity index (χ0n) is 15.5. The van der Waals surface area contributed by atoms with Crippen molar-refractivity contribution in [3.05, 3.63) is 29.3 Å². The van der Waals surface area contributed by atoms with Crippen LogP contribution in [0.15, 0.2) is 18.2 Å². The SMILES string of the molecule is Cc1ccc(N2CCN(CCN3C(=O)C4CSCN4C3=O)CC2)c(C)c1. The molecule has 6 nitrogen and oxygen atoms in total. The number of rotatable bonds is 4. The Kier molecular flexibility index (Phi) is 4.84. The number of imide groups is 1. The molecule has 1 aromatic carbocycles. The third-order valence-corrected chi connectivity index (χ3v) is 6.63. The smallest absolute Gasteiger partial charge is 0.328 e. The maximum atomic E-state index is 12.4. The molecule has 140 valence electrons. The maximum Gasteiger partial charge on any atom is 0.328 e. The van der Waals surface area contributed by atoms with Gasteiger partial charge in [0.1, 0.15) is 6.04 Å². The van der Waals surface area contributed by atoms with Gasteiger partial charge in [-0.25, -0.2) is 4.79 Å². The van der Waals surface area contributed by atoms with Gasteiger partial charge in [0.05, 0.1) is 5.88 Å². The summed E-state index contributed by atoms with van der Waals surface area (Å²) < 4.78 is 0. The lowest BCUT2D eigenvalue weighted by atomic mass is 10.1. The van der Waals surface area contributed by atoms with E-state index in [2.05, 4.69) is 41.8 Å². The fraction of sp³-hybridized carbons (Fsp3) is 0.579. The van der Waals surface area contributed by atoms with E-state index in [1.807, 2.05) is 0 Å². The second-order valence-electron chi connectivity index (χ2n) is 7.38. The quantitative estimate of drug-likeness (QED) is 0.752. The van der Waals surface area contributed by atoms with Crippen LogP contribution in [0, 0.1) is 13.8 Å². The molecule has 3 heterocycles. The molecule has 0 radical (unpaired) electrons. The van der Waals surface area contributed by atoms with Crippen molar-refractivity contribution in [1.29, 1.82) is 0 Å². The number of benzene rings is 1. The molecule has 1 unspecified atom stereocenters. The Bertz CT molecular complexity index is 695. The molecule has 1 atom stereocenters. The van der Waals surface area contributed by atoms with Gasteiger partial charge in [-0.1, -0.05) is 17.7 Å². The molecule has 26 heavy (non-hydrogen) atoms. The van der Waals surface area contributed by atoms with E-state index in [1.165, 1.54) is 21.7 Å². The van der Waals surface area contributed by atoms with Gasteiger partial charge in [0, 0.05) is 50.7 Å². The summed E-state index contributed by atoms with van der Waals surface area (Å²) in [6.07, 6.45) is 0. The minimum Gasteiger partial charge on any atom is -0.369 e. The summed E-state index contributed by atoms with van der Waals surface area (Å²) in [7, 11) is 0. The van der Waals surface area contributed by atoms with Gasteiger partial charge in [0.2, 0.25) is 0 Å². The summed E-state index contributed by atoms with van der Waals surface area (Å²) in [6, 6.07) is 6.31. The zero-order chi connectivity index (χ0) is 18.3. The summed E-state index contributed by atoms with van der Waals surface area (Å²) >= 11 is 1.66. The molecule has 0 saturated carbocycles. The number of hydrogen-bond acceptors (Lipinski definition) is 5. The van der Waals surface area contributed by atoms with Gasteiger partial charge in [-0.15, -0.1) is 11.8 Å². The van der Waals surface area contributed by atoms with Crippen molar-refractivity contribution < 1.29 is 9.59 Å². The molecule has 3 amide bonds. The second-order valence-corrected chi connectivity index (χ2v) is 8.38. The number of aryl methyl sites for hydroxylation is 2. The predicted molar refractivity (Wildman–Crippen MR) is 105 cm³/mol. The molecule has 0 N–H and O–H groups in total. The van der Waals surface area contributed by atoms with E-state index in [9.17, 15) is 9.59 Å². The number of carbonyl (C=O) groups is 2. The number of amides is 3. The van der Waals surface area contributed by atoms with Crippen molar-refractivity contribution in [2.24, 2.45) is 0 Å². The van der Waals surface area contributed by atoms with Crippen molar-refractivity contribution in [2.45, 2.75) is 19.9 Å². The first-order chi connectivity index (χ1) is 12.5. The third kappa shape index (κ3) is 3.18. The van der Waals surface area contributed by atoms with Gasteiger partial charge in [-0.2, -0.15) is 0 Å². The van der Waals surface area contributed by atoms with Crippen LogP contribution in [0.3, 0.4) is 0 Å². The Labute approximate surface area is 159 Å². The van der Waals surface area contributed by atoms with Crippen LogP contribution in [0.25, 0.3) is 0 Å². The molecule has 4 rings (SSSR count). The van der Waals surface area contributed by atoms with Crippen LogP contribution < -0.4 is 4.90 Å². The predicted octanol–water partition coefficient (Wildman–Crippen LogP) is 1.76. The van der Waals surface area contributed by atoms with Gasteiger partial charge < -0.3 is 9.80 Å². The lowest BCUT2D eigenvalue weighted by molar-refractivity contribution is -0.127. The number of fused-ring (bicyclic) bond motifs is 1. The Morgan fingerprint density at radius 3 is 2.54 bits per heavy atom. The van der Waals surface area contributed by atoms with Crippen LogP contribution in [0.5, 0.6) is 0 Å². The topological polar surface area (TPSA) is 47.1 Å². The minimum absolute atomic E-state index is 0.00563. The average molecular weight is 375 g/mol. The van der Waals surface area contributed by atoms with Crippen molar-refractivity contribution in [3.8, 4) is 0 Å². The van der Waals surface area contributed by atoms with Crippen LogP contribution in [0.4, 0.5) is 10.5 Å². The van der Waals surface area contributed by atoms with Gasteiger partial charge in [0.25, 0.3) is 5.91 Å². The molecule has 3 fully saturated rings. The average Bonchev–Trinajstić information content (AvgIpc) is 3.19. The number of hydrogen-bond donors (Lipinski definition) is 0. The van der Waals surface area contributed by atoms with E-state index in [0.29, 0.717) is 12.4 Å². The standard InChI is InChI=1S/C19H26N4O2S/c1-14-3-4-16(15(2)11-14)21-8-5-20(6-9-21)7-10-22-18(24)17-12-26-13-23(17)19(22)25/h3-4,11,17H,5-10,12-13H2,1-2H3. The number of nitrogens with zero attached hydrogens (tertiary/aromatic N) is 4. The number of anilines is 1. The third-order valence-electron chi connectivity index (χ3n) is 5.62. The number of urea groups is 1. The van der Waals surface area contributed by atoms with E-state index < -0.39 is 0 Å². The summed E-state index contributed by atoms with van der Waals surface area (Å²) in [4.78, 5) is 32.7. The van der Waals surface area contributed by atoms with Crippen LogP contribution in [-0.4, -0.2) is 83.6 Å². The molecule has 0 aliphatic carbocycles. The highest BCUT2D eigenvalue weighted by molar-refractivity contribution is 7.99. The molecule has 3 aliphatic rings. The molecule has 0 bridgehead atoms. The Morgan fingerprint density at radius 1 is 1.08 bits per heavy atom. The van der Waals surface area contributed by atoms with Crippen LogP contribution in [-0.2, 0) is 4.79 Å². The number of thioether (sulfide) groups is 1.